The maximum Gasteiger partial charge on any atom is 0.195 e. The average Bonchev–Trinajstić information content (AvgIpc) is 3.10. The van der Waals surface area contributed by atoms with Gasteiger partial charge in [-0.25, -0.2) is 4.98 Å². The molecule has 3 rings (SSSR count). The van der Waals surface area contributed by atoms with E-state index in [1.807, 2.05) is 12.1 Å². The Bertz CT molecular complexity index is 778. The van der Waals surface area contributed by atoms with Crippen molar-refractivity contribution in [3.8, 4) is 11.5 Å². The lowest BCUT2D eigenvalue weighted by Crippen LogP contribution is -2.28. The summed E-state index contributed by atoms with van der Waals surface area (Å²) in [4.78, 5) is 18.5. The van der Waals surface area contributed by atoms with Gasteiger partial charge in [-0.15, -0.1) is 0 Å². The van der Waals surface area contributed by atoms with E-state index in [2.05, 4.69) is 22.0 Å². The van der Waals surface area contributed by atoms with E-state index < -0.39 is 0 Å². The number of Topliss-reactive ketones (excluding diaryl/α,β-unsaturated/α-hetero) is 1. The fraction of sp³-hybridized carbons (Fsp3) is 0.455. The van der Waals surface area contributed by atoms with Crippen molar-refractivity contribution in [2.75, 3.05) is 33.4 Å². The number of hydrogen-bond acceptors (Lipinski definition) is 6. The smallest absolute Gasteiger partial charge is 0.195 e. The molecular formula is C22H28N2O4. The number of aromatic nitrogens is 1. The Balaban J connectivity index is 1.50. The van der Waals surface area contributed by atoms with Crippen LogP contribution in [-0.4, -0.2) is 59.2 Å². The van der Waals surface area contributed by atoms with Crippen molar-refractivity contribution < 1.29 is 19.7 Å². The Morgan fingerprint density at radius 1 is 1.25 bits per heavy atom. The Morgan fingerprint density at radius 3 is 2.79 bits per heavy atom. The molecule has 2 heterocycles. The fourth-order valence-electron chi connectivity index (χ4n) is 3.93. The number of aliphatic hydroxyl groups excluding tert-OH is 1. The zero-order chi connectivity index (χ0) is 19.9. The number of rotatable bonds is 9. The highest BCUT2D eigenvalue weighted by Gasteiger charge is 2.32. The molecule has 1 aliphatic rings. The molecule has 150 valence electrons. The van der Waals surface area contributed by atoms with E-state index in [1.165, 1.54) is 17.8 Å². The molecule has 6 nitrogen and oxygen atoms in total. The summed E-state index contributed by atoms with van der Waals surface area (Å²) in [5.41, 5.74) is 1.61. The molecule has 0 radical (unpaired) electrons. The lowest BCUT2D eigenvalue weighted by Gasteiger charge is -2.16. The quantitative estimate of drug-likeness (QED) is 0.647. The number of carbonyl (C=O) groups is 1. The number of ketones is 1. The Labute approximate surface area is 165 Å². The van der Waals surface area contributed by atoms with Gasteiger partial charge in [0.05, 0.1) is 19.9 Å². The van der Waals surface area contributed by atoms with Crippen molar-refractivity contribution in [1.82, 2.24) is 9.88 Å². The molecule has 0 saturated carbocycles. The second-order valence-corrected chi connectivity index (χ2v) is 7.47. The maximum atomic E-state index is 12.4. The van der Waals surface area contributed by atoms with Crippen molar-refractivity contribution in [2.24, 2.45) is 11.8 Å². The van der Waals surface area contributed by atoms with Gasteiger partial charge in [-0.2, -0.15) is 0 Å². The van der Waals surface area contributed by atoms with E-state index in [4.69, 9.17) is 4.74 Å². The number of ether oxygens (including phenoxy) is 1. The Kier molecular flexibility index (Phi) is 7.01. The molecule has 0 amide bonds. The molecular weight excluding hydrogens is 356 g/mol. The van der Waals surface area contributed by atoms with E-state index in [0.717, 1.165) is 38.1 Å². The molecule has 1 saturated heterocycles. The van der Waals surface area contributed by atoms with E-state index >= 15 is 0 Å². The van der Waals surface area contributed by atoms with Crippen molar-refractivity contribution in [3.05, 3.63) is 53.9 Å². The van der Waals surface area contributed by atoms with Gasteiger partial charge in [0.1, 0.15) is 17.2 Å². The van der Waals surface area contributed by atoms with Gasteiger partial charge in [-0.3, -0.25) is 9.69 Å². The van der Waals surface area contributed by atoms with Crippen LogP contribution in [0.5, 0.6) is 11.5 Å². The van der Waals surface area contributed by atoms with Gasteiger partial charge in [0.2, 0.25) is 0 Å². The van der Waals surface area contributed by atoms with Gasteiger partial charge in [-0.05, 0) is 60.9 Å². The molecule has 0 spiro atoms. The average molecular weight is 384 g/mol. The van der Waals surface area contributed by atoms with Gasteiger partial charge >= 0.3 is 0 Å². The summed E-state index contributed by atoms with van der Waals surface area (Å²) >= 11 is 0. The number of carbonyl (C=O) groups excluding carboxylic acids is 1. The Morgan fingerprint density at radius 2 is 2.07 bits per heavy atom. The number of aromatic hydroxyl groups is 1. The summed E-state index contributed by atoms with van der Waals surface area (Å²) in [6.45, 7) is 1.98. The largest absolute Gasteiger partial charge is 0.506 e. The van der Waals surface area contributed by atoms with Crippen molar-refractivity contribution in [3.63, 3.8) is 0 Å². The van der Waals surface area contributed by atoms with Crippen LogP contribution in [0.1, 0.15) is 28.9 Å². The third-order valence-electron chi connectivity index (χ3n) is 5.46. The Hall–Kier alpha value is -2.44. The predicted molar refractivity (Wildman–Crippen MR) is 107 cm³/mol. The number of aryl methyl sites for hydroxylation is 1. The number of likely N-dealkylation sites (tertiary alicyclic amines) is 1. The molecule has 2 aromatic rings. The highest BCUT2D eigenvalue weighted by atomic mass is 16.5. The number of benzene rings is 1. The molecule has 6 heteroatoms. The normalized spacial score (nSPS) is 19.6. The summed E-state index contributed by atoms with van der Waals surface area (Å²) in [5.74, 6) is 1.45. The van der Waals surface area contributed by atoms with Crippen LogP contribution in [0.4, 0.5) is 0 Å². The molecule has 0 bridgehead atoms. The van der Waals surface area contributed by atoms with Crippen LogP contribution in [0.2, 0.25) is 0 Å². The maximum absolute atomic E-state index is 12.4. The van der Waals surface area contributed by atoms with Gasteiger partial charge < -0.3 is 14.9 Å². The van der Waals surface area contributed by atoms with E-state index in [1.54, 1.807) is 13.2 Å². The summed E-state index contributed by atoms with van der Waals surface area (Å²) in [6.07, 6.45) is 4.32. The SMILES string of the molecule is COc1cccc(CCC[C@@H]2CN(CC(=O)c3ccc(O)cn3)C[C@@H]2CO)c1. The minimum Gasteiger partial charge on any atom is -0.506 e. The minimum atomic E-state index is -0.0614. The van der Waals surface area contributed by atoms with E-state index in [-0.39, 0.29) is 24.1 Å². The van der Waals surface area contributed by atoms with Crippen molar-refractivity contribution >= 4 is 5.78 Å². The molecule has 1 aromatic carbocycles. The third-order valence-corrected chi connectivity index (χ3v) is 5.46. The lowest BCUT2D eigenvalue weighted by atomic mass is 9.91. The van der Waals surface area contributed by atoms with Gasteiger partial charge in [0, 0.05) is 19.7 Å². The summed E-state index contributed by atoms with van der Waals surface area (Å²) in [7, 11) is 1.67. The first-order chi connectivity index (χ1) is 13.6. The van der Waals surface area contributed by atoms with Gasteiger partial charge in [0.15, 0.2) is 5.78 Å². The number of nitrogens with zero attached hydrogens (tertiary/aromatic N) is 2. The van der Waals surface area contributed by atoms with Crippen molar-refractivity contribution in [1.29, 1.82) is 0 Å². The molecule has 1 aliphatic heterocycles. The number of hydrogen-bond donors (Lipinski definition) is 2. The minimum absolute atomic E-state index is 0.0502. The van der Waals surface area contributed by atoms with Crippen LogP contribution in [0.25, 0.3) is 0 Å². The predicted octanol–water partition coefficient (Wildman–Crippen LogP) is 2.54. The van der Waals surface area contributed by atoms with Gasteiger partial charge in [-0.1, -0.05) is 12.1 Å². The molecule has 28 heavy (non-hydrogen) atoms. The van der Waals surface area contributed by atoms with Crippen LogP contribution in [0.15, 0.2) is 42.6 Å². The molecule has 2 atom stereocenters. The number of aliphatic hydroxyl groups is 1. The van der Waals surface area contributed by atoms with Crippen LogP contribution in [0, 0.1) is 11.8 Å². The van der Waals surface area contributed by atoms with Crippen LogP contribution in [-0.2, 0) is 6.42 Å². The second-order valence-electron chi connectivity index (χ2n) is 7.47. The third kappa shape index (κ3) is 5.30. The standard InChI is InChI=1S/C22H28N2O4/c1-28-20-7-3-5-16(10-20)4-2-6-17-12-24(13-18(17)15-25)14-22(27)21-9-8-19(26)11-23-21/h3,5,7-11,17-18,25-26H,2,4,6,12-15H2,1H3/t17-,18-/m1/s1. The van der Waals surface area contributed by atoms with Crippen LogP contribution < -0.4 is 4.74 Å². The first kappa shape index (κ1) is 20.3. The van der Waals surface area contributed by atoms with E-state index in [0.29, 0.717) is 18.2 Å². The lowest BCUT2D eigenvalue weighted by molar-refractivity contribution is 0.0935. The monoisotopic (exact) mass is 384 g/mol. The zero-order valence-corrected chi connectivity index (χ0v) is 16.3. The second kappa shape index (κ2) is 9.66. The fourth-order valence-corrected chi connectivity index (χ4v) is 3.93. The summed E-state index contributed by atoms with van der Waals surface area (Å²) in [6, 6.07) is 11.1. The van der Waals surface area contributed by atoms with Crippen molar-refractivity contribution in [2.45, 2.75) is 19.3 Å². The topological polar surface area (TPSA) is 82.9 Å². The van der Waals surface area contributed by atoms with Crippen LogP contribution >= 0.6 is 0 Å². The van der Waals surface area contributed by atoms with Crippen LogP contribution in [0.3, 0.4) is 0 Å². The highest BCUT2D eigenvalue weighted by Crippen LogP contribution is 2.28. The summed E-state index contributed by atoms with van der Waals surface area (Å²) in [5, 5.41) is 19.1. The molecule has 0 aliphatic carbocycles. The van der Waals surface area contributed by atoms with E-state index in [9.17, 15) is 15.0 Å². The number of methoxy groups -OCH3 is 1. The molecule has 1 aromatic heterocycles. The zero-order valence-electron chi connectivity index (χ0n) is 16.3. The first-order valence-electron chi connectivity index (χ1n) is 9.73. The van der Waals surface area contributed by atoms with Gasteiger partial charge in [0.25, 0.3) is 0 Å². The molecule has 0 unspecified atom stereocenters. The number of pyridine rings is 1. The molecule has 1 fully saturated rings. The highest BCUT2D eigenvalue weighted by molar-refractivity contribution is 5.95. The molecule has 2 N–H and O–H groups in total. The summed E-state index contributed by atoms with van der Waals surface area (Å²) < 4.78 is 5.27. The first-order valence-corrected chi connectivity index (χ1v) is 9.73.